The first-order valence-corrected chi connectivity index (χ1v) is 21.4. The number of aromatic nitrogens is 3. The van der Waals surface area contributed by atoms with Crippen LogP contribution in [0.15, 0.2) is 30.5 Å². The molecule has 0 saturated carbocycles. The number of rotatable bonds is 8. The van der Waals surface area contributed by atoms with Gasteiger partial charge in [-0.3, -0.25) is 19.1 Å². The summed E-state index contributed by atoms with van der Waals surface area (Å²) in [5.74, 6) is -2.78. The maximum absolute atomic E-state index is 13.9. The van der Waals surface area contributed by atoms with Crippen molar-refractivity contribution in [2.45, 2.75) is 157 Å². The minimum atomic E-state index is -1.28. The van der Waals surface area contributed by atoms with Crippen LogP contribution in [-0.4, -0.2) is 110 Å². The van der Waals surface area contributed by atoms with Gasteiger partial charge in [-0.1, -0.05) is 65.8 Å². The quantitative estimate of drug-likeness (QED) is 0.124. The number of esters is 1. The number of ketones is 2. The number of carbonyl (C=O) groups is 4. The highest BCUT2D eigenvalue weighted by atomic mass is 16.6. The van der Waals surface area contributed by atoms with E-state index in [9.17, 15) is 24.3 Å². The third-order valence-electron chi connectivity index (χ3n) is 11.9. The molecule has 11 atom stereocenters. The number of ether oxygens (including phenoxy) is 3. The summed E-state index contributed by atoms with van der Waals surface area (Å²) in [6.07, 6.45) is 4.75. The maximum atomic E-state index is 13.9. The Labute approximate surface area is 346 Å². The lowest BCUT2D eigenvalue weighted by atomic mass is 9.75. The molecule has 14 nitrogen and oxygen atoms in total. The minimum Gasteiger partial charge on any atom is -0.458 e. The summed E-state index contributed by atoms with van der Waals surface area (Å²) in [6.45, 7) is 19.8. The Kier molecular flexibility index (Phi) is 18.3. The fourth-order valence-corrected chi connectivity index (χ4v) is 8.82. The van der Waals surface area contributed by atoms with Crippen LogP contribution in [0.1, 0.15) is 114 Å². The zero-order valence-corrected chi connectivity index (χ0v) is 37.1. The van der Waals surface area contributed by atoms with E-state index < -0.39 is 47.9 Å². The van der Waals surface area contributed by atoms with Crippen molar-refractivity contribution in [3.05, 3.63) is 30.5 Å². The average Bonchev–Trinajstić information content (AvgIpc) is 3.75. The van der Waals surface area contributed by atoms with Gasteiger partial charge in [-0.15, -0.1) is 5.10 Å². The molecule has 1 aromatic heterocycles. The highest BCUT2D eigenvalue weighted by Crippen LogP contribution is 2.41. The summed E-state index contributed by atoms with van der Waals surface area (Å²) in [7, 11) is 4.07. The van der Waals surface area contributed by atoms with E-state index in [1.165, 1.54) is 0 Å². The van der Waals surface area contributed by atoms with Crippen LogP contribution in [0.3, 0.4) is 0 Å². The smallest absolute Gasteiger partial charge is 0.410 e. The summed E-state index contributed by atoms with van der Waals surface area (Å²) >= 11 is 0. The number of Topliss-reactive ketones (excluding diaryl/α,β-unsaturated/α-hetero) is 2. The Hall–Kier alpha value is -3.88. The van der Waals surface area contributed by atoms with Gasteiger partial charge < -0.3 is 34.9 Å². The van der Waals surface area contributed by atoms with E-state index in [0.29, 0.717) is 56.9 Å². The van der Waals surface area contributed by atoms with Crippen molar-refractivity contribution < 1.29 is 38.5 Å². The van der Waals surface area contributed by atoms with Gasteiger partial charge in [0.05, 0.1) is 18.3 Å². The number of aryl methyl sites for hydroxylation is 1. The number of hydrogen-bond acceptors (Lipinski definition) is 12. The van der Waals surface area contributed by atoms with E-state index in [-0.39, 0.29) is 35.4 Å². The first kappa shape index (κ1) is 48.5. The SMILES string of the molecule is CC.CC1CC(N(C)C)CC(O)O1.CC[C@H]1OC(=O)[C@H](C)C(=O)[C@H](C)C[C@@H](C)C[C@@H](C)C(=O)[C@H](C)[C@H]2N(CCCCn3cc(-c4cccc(N)c4)nn3)C(=O)O[C@]12C. The van der Waals surface area contributed by atoms with Gasteiger partial charge in [-0.2, -0.15) is 0 Å². The van der Waals surface area contributed by atoms with Gasteiger partial charge in [0.25, 0.3) is 0 Å². The number of amides is 1. The second-order valence-corrected chi connectivity index (χ2v) is 16.9. The van der Waals surface area contributed by atoms with E-state index in [4.69, 9.17) is 19.9 Å². The maximum Gasteiger partial charge on any atom is 0.410 e. The number of fused-ring (bicyclic) bond motifs is 1. The Morgan fingerprint density at radius 2 is 1.57 bits per heavy atom. The lowest BCUT2D eigenvalue weighted by Gasteiger charge is -2.40. The lowest BCUT2D eigenvalue weighted by Crippen LogP contribution is -2.57. The van der Waals surface area contributed by atoms with Crippen LogP contribution in [0.2, 0.25) is 0 Å². The van der Waals surface area contributed by atoms with Crippen molar-refractivity contribution in [3.8, 4) is 11.3 Å². The van der Waals surface area contributed by atoms with Gasteiger partial charge in [0, 0.05) is 54.6 Å². The number of aliphatic hydroxyl groups is 1. The fraction of sp³-hybridized carbons (Fsp3) is 0.727. The number of benzene rings is 1. The number of aliphatic hydroxyl groups excluding tert-OH is 1. The van der Waals surface area contributed by atoms with Crippen molar-refractivity contribution in [2.24, 2.45) is 29.6 Å². The second-order valence-electron chi connectivity index (χ2n) is 16.9. The number of nitrogens with zero attached hydrogens (tertiary/aromatic N) is 5. The molecule has 0 aliphatic carbocycles. The Morgan fingerprint density at radius 1 is 0.931 bits per heavy atom. The van der Waals surface area contributed by atoms with Crippen LogP contribution in [0, 0.1) is 29.6 Å². The topological polar surface area (TPSA) is 179 Å². The van der Waals surface area contributed by atoms with Crippen molar-refractivity contribution in [3.63, 3.8) is 0 Å². The normalized spacial score (nSPS) is 32.2. The number of anilines is 1. The molecular weight excluding hydrogens is 741 g/mol. The molecule has 58 heavy (non-hydrogen) atoms. The summed E-state index contributed by atoms with van der Waals surface area (Å²) < 4.78 is 19.0. The van der Waals surface area contributed by atoms with Gasteiger partial charge in [0.15, 0.2) is 11.9 Å². The zero-order chi connectivity index (χ0) is 43.5. The van der Waals surface area contributed by atoms with Crippen LogP contribution >= 0.6 is 0 Å². The van der Waals surface area contributed by atoms with Crippen molar-refractivity contribution in [2.75, 3.05) is 26.4 Å². The minimum absolute atomic E-state index is 0.0312. The Balaban J connectivity index is 0.000000592. The van der Waals surface area contributed by atoms with Gasteiger partial charge in [0.2, 0.25) is 0 Å². The molecule has 1 amide bonds. The van der Waals surface area contributed by atoms with Gasteiger partial charge in [-0.05, 0) is 91.4 Å². The first-order chi connectivity index (χ1) is 27.4. The van der Waals surface area contributed by atoms with E-state index in [2.05, 4.69) is 15.2 Å². The third-order valence-corrected chi connectivity index (χ3v) is 11.9. The molecule has 326 valence electrons. The van der Waals surface area contributed by atoms with E-state index in [1.807, 2.05) is 99.9 Å². The van der Waals surface area contributed by atoms with Gasteiger partial charge >= 0.3 is 12.1 Å². The predicted octanol–water partition coefficient (Wildman–Crippen LogP) is 6.78. The first-order valence-electron chi connectivity index (χ1n) is 21.4. The molecular formula is C44H72N6O8. The number of cyclic esters (lactones) is 1. The molecule has 3 unspecified atom stereocenters. The predicted molar refractivity (Wildman–Crippen MR) is 224 cm³/mol. The summed E-state index contributed by atoms with van der Waals surface area (Å²) in [4.78, 5) is 57.6. The van der Waals surface area contributed by atoms with Crippen molar-refractivity contribution in [1.29, 1.82) is 0 Å². The van der Waals surface area contributed by atoms with E-state index in [1.54, 1.807) is 23.4 Å². The van der Waals surface area contributed by atoms with Crippen LogP contribution in [0.25, 0.3) is 11.3 Å². The molecule has 4 heterocycles. The molecule has 14 heteroatoms. The monoisotopic (exact) mass is 813 g/mol. The average molecular weight is 813 g/mol. The van der Waals surface area contributed by atoms with Crippen LogP contribution in [0.5, 0.6) is 0 Å². The molecule has 0 bridgehead atoms. The molecule has 0 radical (unpaired) electrons. The van der Waals surface area contributed by atoms with E-state index in [0.717, 1.165) is 24.1 Å². The third kappa shape index (κ3) is 12.3. The summed E-state index contributed by atoms with van der Waals surface area (Å²) in [5.41, 5.74) is 6.89. The number of carbonyl (C=O) groups excluding carboxylic acids is 4. The Bertz CT molecular complexity index is 1640. The standard InChI is InChI=1S/C34H49N5O6.C8H17NO2.C2H6/c1-8-28-34(7)31(23(5)29(40)21(3)16-20(2)17-22(4)30(41)24(6)32(42)44-28)39(33(43)45-34)15-10-9-14-38-19-27(36-37-38)25-12-11-13-26(35)18-25;1-6-4-7(9(2)3)5-8(10)11-6;1-2/h11-13,18-24,28,31H,8-10,14-17,35H2,1-7H3;6-8,10H,4-5H2,1-3H3;1-2H3/t20-,21+,22+,23-,24+,28+,31+,34+;;/m0../s1. The van der Waals surface area contributed by atoms with Crippen LogP contribution < -0.4 is 5.73 Å². The molecule has 3 aliphatic heterocycles. The number of nitrogen functional groups attached to an aromatic ring is 1. The number of unbranched alkanes of at least 4 members (excludes halogenated alkanes) is 1. The van der Waals surface area contributed by atoms with Gasteiger partial charge in [0.1, 0.15) is 29.3 Å². The zero-order valence-electron chi connectivity index (χ0n) is 37.1. The summed E-state index contributed by atoms with van der Waals surface area (Å²) in [5, 5.41) is 17.8. The molecule has 3 aliphatic rings. The largest absolute Gasteiger partial charge is 0.458 e. The van der Waals surface area contributed by atoms with Crippen molar-refractivity contribution >= 4 is 29.3 Å². The van der Waals surface area contributed by atoms with Gasteiger partial charge in [-0.25, -0.2) is 4.79 Å². The lowest BCUT2D eigenvalue weighted by molar-refractivity contribution is -0.172. The molecule has 3 saturated heterocycles. The molecule has 3 fully saturated rings. The molecule has 3 N–H and O–H groups in total. The second kappa shape index (κ2) is 21.9. The number of nitrogens with two attached hydrogens (primary N) is 1. The Morgan fingerprint density at radius 3 is 2.17 bits per heavy atom. The van der Waals surface area contributed by atoms with Crippen molar-refractivity contribution in [1.82, 2.24) is 24.8 Å². The fourth-order valence-electron chi connectivity index (χ4n) is 8.82. The highest BCUT2D eigenvalue weighted by Gasteiger charge is 2.59. The summed E-state index contributed by atoms with van der Waals surface area (Å²) in [6, 6.07) is 7.28. The molecule has 1 aromatic carbocycles. The van der Waals surface area contributed by atoms with Crippen LogP contribution in [0.4, 0.5) is 10.5 Å². The molecule has 2 aromatic rings. The molecule has 5 rings (SSSR count). The number of hydrogen-bond donors (Lipinski definition) is 2. The highest BCUT2D eigenvalue weighted by molar-refractivity contribution is 5.99. The van der Waals surface area contributed by atoms with E-state index >= 15 is 0 Å². The molecule has 0 spiro atoms. The van der Waals surface area contributed by atoms with Crippen LogP contribution in [-0.2, 0) is 35.1 Å².